The van der Waals surface area contributed by atoms with Crippen molar-refractivity contribution in [3.8, 4) is 0 Å². The van der Waals surface area contributed by atoms with Crippen LogP contribution in [0.25, 0.3) is 23.1 Å². The standard InChI is InChI=1S/C19H16BClF3NO/c1-18(26,19(22,23)24)17-14-8-5-12(20)10-16(14)25-15(17)9-4-11-2-6-13(21)7-3-11/h2-10,25-26H,20H2,1H3/b9-4+. The van der Waals surface area contributed by atoms with Gasteiger partial charge < -0.3 is 10.1 Å². The summed E-state index contributed by atoms with van der Waals surface area (Å²) >= 11 is 5.84. The second-order valence-electron chi connectivity index (χ2n) is 6.42. The third kappa shape index (κ3) is 3.39. The minimum Gasteiger partial charge on any atom is -0.376 e. The Labute approximate surface area is 154 Å². The summed E-state index contributed by atoms with van der Waals surface area (Å²) in [4.78, 5) is 2.99. The van der Waals surface area contributed by atoms with Crippen molar-refractivity contribution in [2.24, 2.45) is 0 Å². The molecule has 0 aliphatic heterocycles. The Hall–Kier alpha value is -2.18. The van der Waals surface area contributed by atoms with E-state index in [1.165, 1.54) is 6.08 Å². The van der Waals surface area contributed by atoms with Gasteiger partial charge in [-0.15, -0.1) is 0 Å². The number of rotatable bonds is 3. The van der Waals surface area contributed by atoms with Crippen LogP contribution in [0, 0.1) is 0 Å². The summed E-state index contributed by atoms with van der Waals surface area (Å²) in [5.41, 5.74) is -0.736. The normalized spacial score (nSPS) is 14.8. The molecule has 0 bridgehead atoms. The molecule has 0 saturated carbocycles. The lowest BCUT2D eigenvalue weighted by Gasteiger charge is -2.27. The molecule has 2 aromatic carbocycles. The zero-order chi connectivity index (χ0) is 19.1. The lowest BCUT2D eigenvalue weighted by Crippen LogP contribution is -2.39. The van der Waals surface area contributed by atoms with Gasteiger partial charge in [0.1, 0.15) is 7.85 Å². The Morgan fingerprint density at radius 1 is 1.08 bits per heavy atom. The molecule has 0 fully saturated rings. The van der Waals surface area contributed by atoms with E-state index in [-0.39, 0.29) is 11.3 Å². The molecular formula is C19H16BClF3NO. The molecule has 0 aliphatic carbocycles. The van der Waals surface area contributed by atoms with Crippen LogP contribution in [0.5, 0.6) is 0 Å². The van der Waals surface area contributed by atoms with Gasteiger partial charge in [0.25, 0.3) is 0 Å². The van der Waals surface area contributed by atoms with Gasteiger partial charge in [-0.25, -0.2) is 0 Å². The highest BCUT2D eigenvalue weighted by Gasteiger charge is 2.53. The predicted molar refractivity (Wildman–Crippen MR) is 102 cm³/mol. The highest BCUT2D eigenvalue weighted by atomic mass is 35.5. The van der Waals surface area contributed by atoms with E-state index in [0.29, 0.717) is 15.9 Å². The van der Waals surface area contributed by atoms with Gasteiger partial charge in [0.05, 0.1) is 0 Å². The molecule has 3 aromatic rings. The van der Waals surface area contributed by atoms with Crippen molar-refractivity contribution in [3.63, 3.8) is 0 Å². The number of halogens is 4. The first kappa shape index (κ1) is 18.6. The van der Waals surface area contributed by atoms with Crippen LogP contribution in [0.2, 0.25) is 5.02 Å². The summed E-state index contributed by atoms with van der Waals surface area (Å²) in [6.07, 6.45) is -1.60. The first-order valence-electron chi connectivity index (χ1n) is 7.95. The fourth-order valence-electron chi connectivity index (χ4n) is 2.88. The first-order valence-corrected chi connectivity index (χ1v) is 8.33. The summed E-state index contributed by atoms with van der Waals surface area (Å²) in [5.74, 6) is 0. The number of aromatic nitrogens is 1. The van der Waals surface area contributed by atoms with Crippen LogP contribution in [0.15, 0.2) is 42.5 Å². The summed E-state index contributed by atoms with van der Waals surface area (Å²) in [7, 11) is 1.85. The summed E-state index contributed by atoms with van der Waals surface area (Å²) in [6.45, 7) is 0.773. The van der Waals surface area contributed by atoms with Gasteiger partial charge in [0.15, 0.2) is 5.60 Å². The van der Waals surface area contributed by atoms with Crippen LogP contribution in [-0.2, 0) is 5.60 Å². The van der Waals surface area contributed by atoms with E-state index < -0.39 is 11.8 Å². The van der Waals surface area contributed by atoms with Crippen molar-refractivity contribution in [2.45, 2.75) is 18.7 Å². The second-order valence-corrected chi connectivity index (χ2v) is 6.85. The number of H-pyrrole nitrogens is 1. The van der Waals surface area contributed by atoms with Gasteiger partial charge >= 0.3 is 6.18 Å². The number of aliphatic hydroxyl groups is 1. The molecule has 1 heterocycles. The van der Waals surface area contributed by atoms with Crippen molar-refractivity contribution >= 4 is 48.0 Å². The number of nitrogens with one attached hydrogen (secondary N) is 1. The van der Waals surface area contributed by atoms with Crippen LogP contribution in [0.1, 0.15) is 23.7 Å². The molecule has 0 saturated heterocycles. The van der Waals surface area contributed by atoms with Crippen LogP contribution >= 0.6 is 11.6 Å². The largest absolute Gasteiger partial charge is 0.421 e. The third-order valence-electron chi connectivity index (χ3n) is 4.33. The van der Waals surface area contributed by atoms with Gasteiger partial charge in [0, 0.05) is 27.2 Å². The topological polar surface area (TPSA) is 36.0 Å². The van der Waals surface area contributed by atoms with Gasteiger partial charge in [-0.2, -0.15) is 13.2 Å². The quantitative estimate of drug-likeness (QED) is 0.665. The van der Waals surface area contributed by atoms with Crippen molar-refractivity contribution in [1.82, 2.24) is 4.98 Å². The third-order valence-corrected chi connectivity index (χ3v) is 4.59. The summed E-state index contributed by atoms with van der Waals surface area (Å²) in [6, 6.07) is 12.0. The molecular weight excluding hydrogens is 361 g/mol. The molecule has 2 N–H and O–H groups in total. The number of hydrogen-bond donors (Lipinski definition) is 2. The number of alkyl halides is 3. The monoisotopic (exact) mass is 377 g/mol. The molecule has 134 valence electrons. The smallest absolute Gasteiger partial charge is 0.376 e. The highest BCUT2D eigenvalue weighted by molar-refractivity contribution is 6.33. The fourth-order valence-corrected chi connectivity index (χ4v) is 3.00. The second kappa shape index (κ2) is 6.52. The first-order chi connectivity index (χ1) is 12.1. The molecule has 1 unspecified atom stereocenters. The lowest BCUT2D eigenvalue weighted by atomic mass is 9.89. The molecule has 2 nitrogen and oxygen atoms in total. The Morgan fingerprint density at radius 2 is 1.73 bits per heavy atom. The van der Waals surface area contributed by atoms with E-state index in [2.05, 4.69) is 4.98 Å². The van der Waals surface area contributed by atoms with E-state index in [0.717, 1.165) is 17.9 Å². The maximum atomic E-state index is 13.5. The molecule has 0 radical (unpaired) electrons. The molecule has 1 atom stereocenters. The maximum absolute atomic E-state index is 13.5. The van der Waals surface area contributed by atoms with E-state index in [1.54, 1.807) is 48.5 Å². The van der Waals surface area contributed by atoms with Crippen molar-refractivity contribution in [1.29, 1.82) is 0 Å². The predicted octanol–water partition coefficient (Wildman–Crippen LogP) is 4.02. The zero-order valence-electron chi connectivity index (χ0n) is 14.2. The Morgan fingerprint density at radius 3 is 2.35 bits per heavy atom. The molecule has 26 heavy (non-hydrogen) atoms. The average molecular weight is 378 g/mol. The lowest BCUT2D eigenvalue weighted by molar-refractivity contribution is -0.258. The van der Waals surface area contributed by atoms with Gasteiger partial charge in [-0.3, -0.25) is 0 Å². The SMILES string of the molecule is Bc1ccc2c(C(C)(O)C(F)(F)F)c(/C=C/c3ccc(Cl)cc3)[nH]c2c1. The minimum absolute atomic E-state index is 0.190. The maximum Gasteiger partial charge on any atom is 0.421 e. The summed E-state index contributed by atoms with van der Waals surface area (Å²) < 4.78 is 40.5. The van der Waals surface area contributed by atoms with Gasteiger partial charge in [-0.05, 0) is 36.8 Å². The van der Waals surface area contributed by atoms with Crippen LogP contribution in [-0.4, -0.2) is 24.1 Å². The van der Waals surface area contributed by atoms with Crippen LogP contribution in [0.4, 0.5) is 13.2 Å². The molecule has 1 aromatic heterocycles. The Bertz CT molecular complexity index is 975. The highest BCUT2D eigenvalue weighted by Crippen LogP contribution is 2.43. The van der Waals surface area contributed by atoms with E-state index in [4.69, 9.17) is 11.6 Å². The number of hydrogen-bond acceptors (Lipinski definition) is 1. The van der Waals surface area contributed by atoms with Gasteiger partial charge in [0.2, 0.25) is 0 Å². The Kier molecular flexibility index (Phi) is 4.67. The van der Waals surface area contributed by atoms with E-state index in [1.807, 2.05) is 7.85 Å². The molecule has 0 amide bonds. The van der Waals surface area contributed by atoms with Crippen molar-refractivity contribution in [2.75, 3.05) is 0 Å². The average Bonchev–Trinajstić information content (AvgIpc) is 2.91. The van der Waals surface area contributed by atoms with E-state index >= 15 is 0 Å². The molecule has 0 aliphatic rings. The van der Waals surface area contributed by atoms with Crippen molar-refractivity contribution < 1.29 is 18.3 Å². The Balaban J connectivity index is 2.18. The molecule has 0 spiro atoms. The van der Waals surface area contributed by atoms with Crippen LogP contribution < -0.4 is 5.46 Å². The molecule has 3 rings (SSSR count). The van der Waals surface area contributed by atoms with Crippen molar-refractivity contribution in [3.05, 3.63) is 64.3 Å². The fraction of sp³-hybridized carbons (Fsp3) is 0.158. The number of aromatic amines is 1. The summed E-state index contributed by atoms with van der Waals surface area (Å²) in [5, 5.41) is 11.2. The van der Waals surface area contributed by atoms with Crippen LogP contribution in [0.3, 0.4) is 0 Å². The minimum atomic E-state index is -4.81. The molecule has 7 heteroatoms. The van der Waals surface area contributed by atoms with E-state index in [9.17, 15) is 18.3 Å². The van der Waals surface area contributed by atoms with Gasteiger partial charge in [-0.1, -0.05) is 47.4 Å². The zero-order valence-corrected chi connectivity index (χ0v) is 14.9. The number of benzene rings is 2. The number of fused-ring (bicyclic) bond motifs is 1.